The summed E-state index contributed by atoms with van der Waals surface area (Å²) in [5.74, 6) is 2.75. The van der Waals surface area contributed by atoms with Crippen LogP contribution in [-0.2, 0) is 16.4 Å². The summed E-state index contributed by atoms with van der Waals surface area (Å²) >= 11 is 0. The van der Waals surface area contributed by atoms with Crippen molar-refractivity contribution in [1.29, 1.82) is 0 Å². The van der Waals surface area contributed by atoms with Gasteiger partial charge in [-0.1, -0.05) is 13.8 Å². The summed E-state index contributed by atoms with van der Waals surface area (Å²) < 4.78 is 33.2. The molecule has 0 spiro atoms. The van der Waals surface area contributed by atoms with Gasteiger partial charge in [-0.2, -0.15) is 4.31 Å². The molecule has 7 nitrogen and oxygen atoms in total. The summed E-state index contributed by atoms with van der Waals surface area (Å²) in [6.45, 7) is 8.84. The second-order valence-corrected chi connectivity index (χ2v) is 9.58. The Morgan fingerprint density at radius 3 is 2.54 bits per heavy atom. The number of hydrogen-bond acceptors (Lipinski definition) is 6. The number of nitrogens with zero attached hydrogens (tertiary/aromatic N) is 4. The minimum absolute atomic E-state index is 0.254. The van der Waals surface area contributed by atoms with Crippen LogP contribution in [0.15, 0.2) is 29.2 Å². The Morgan fingerprint density at radius 2 is 1.82 bits per heavy atom. The smallest absolute Gasteiger partial charge is 0.243 e. The van der Waals surface area contributed by atoms with Gasteiger partial charge in [-0.25, -0.2) is 18.4 Å². The highest BCUT2D eigenvalue weighted by Crippen LogP contribution is 2.29. The Morgan fingerprint density at radius 1 is 1.07 bits per heavy atom. The third-order valence-electron chi connectivity index (χ3n) is 5.24. The molecule has 8 heteroatoms. The van der Waals surface area contributed by atoms with E-state index in [4.69, 9.17) is 4.74 Å². The summed E-state index contributed by atoms with van der Waals surface area (Å²) in [6.07, 6.45) is 0.762. The van der Waals surface area contributed by atoms with Gasteiger partial charge in [0, 0.05) is 50.3 Å². The number of sulfonamides is 1. The fourth-order valence-corrected chi connectivity index (χ4v) is 5.10. The van der Waals surface area contributed by atoms with Crippen molar-refractivity contribution in [2.24, 2.45) is 0 Å². The average Bonchev–Trinajstić information content (AvgIpc) is 3.15. The summed E-state index contributed by atoms with van der Waals surface area (Å²) in [5.41, 5.74) is 1.90. The van der Waals surface area contributed by atoms with Crippen molar-refractivity contribution >= 4 is 15.8 Å². The highest BCUT2D eigenvalue weighted by Gasteiger charge is 2.30. The number of aryl methyl sites for hydroxylation is 1. The van der Waals surface area contributed by atoms with Gasteiger partial charge in [0.15, 0.2) is 0 Å². The van der Waals surface area contributed by atoms with Gasteiger partial charge >= 0.3 is 0 Å². The fraction of sp³-hybridized carbons (Fsp3) is 0.500. The Hall–Kier alpha value is -2.19. The molecule has 1 aromatic carbocycles. The Labute approximate surface area is 166 Å². The predicted molar refractivity (Wildman–Crippen MR) is 107 cm³/mol. The molecular formula is C20H26N4O3S. The van der Waals surface area contributed by atoms with E-state index >= 15 is 0 Å². The number of benzene rings is 1. The summed E-state index contributed by atoms with van der Waals surface area (Å²) in [4.78, 5) is 11.7. The molecule has 150 valence electrons. The van der Waals surface area contributed by atoms with E-state index in [0.29, 0.717) is 37.7 Å². The van der Waals surface area contributed by atoms with E-state index in [9.17, 15) is 8.42 Å². The quantitative estimate of drug-likeness (QED) is 0.781. The van der Waals surface area contributed by atoms with Crippen molar-refractivity contribution in [3.63, 3.8) is 0 Å². The lowest BCUT2D eigenvalue weighted by molar-refractivity contribution is 0.356. The summed E-state index contributed by atoms with van der Waals surface area (Å²) in [7, 11) is -3.50. The number of aromatic nitrogens is 2. The van der Waals surface area contributed by atoms with Crippen LogP contribution < -0.4 is 9.64 Å². The molecule has 2 aliphatic heterocycles. The van der Waals surface area contributed by atoms with Crippen LogP contribution in [0.1, 0.15) is 36.8 Å². The van der Waals surface area contributed by atoms with Gasteiger partial charge in [-0.15, -0.1) is 0 Å². The van der Waals surface area contributed by atoms with Gasteiger partial charge in [0.1, 0.15) is 17.4 Å². The summed E-state index contributed by atoms with van der Waals surface area (Å²) in [5, 5.41) is 0. The van der Waals surface area contributed by atoms with Crippen molar-refractivity contribution in [2.45, 2.75) is 38.0 Å². The van der Waals surface area contributed by atoms with Crippen LogP contribution in [0.5, 0.6) is 5.75 Å². The molecule has 0 N–H and O–H groups in total. The van der Waals surface area contributed by atoms with Crippen molar-refractivity contribution < 1.29 is 13.2 Å². The Balaban J connectivity index is 1.49. The monoisotopic (exact) mass is 402 g/mol. The number of hydrogen-bond donors (Lipinski definition) is 0. The van der Waals surface area contributed by atoms with E-state index in [1.54, 1.807) is 22.5 Å². The first-order valence-electron chi connectivity index (χ1n) is 9.71. The number of fused-ring (bicyclic) bond motifs is 1. The van der Waals surface area contributed by atoms with Crippen molar-refractivity contribution in [2.75, 3.05) is 37.7 Å². The molecular weight excluding hydrogens is 376 g/mol. The van der Waals surface area contributed by atoms with Crippen LogP contribution in [0.4, 0.5) is 5.82 Å². The zero-order valence-electron chi connectivity index (χ0n) is 16.6. The normalized spacial score (nSPS) is 17.6. The molecule has 0 bridgehead atoms. The fourth-order valence-electron chi connectivity index (χ4n) is 3.62. The van der Waals surface area contributed by atoms with E-state index in [-0.39, 0.29) is 5.92 Å². The highest BCUT2D eigenvalue weighted by atomic mass is 32.2. The van der Waals surface area contributed by atoms with E-state index in [1.165, 1.54) is 0 Å². The zero-order chi connectivity index (χ0) is 19.9. The standard InChI is InChI=1S/C20H26N4O3S/c1-14(2)20-21-15(3)12-19(22-20)23-7-9-24(10-8-23)28(25,26)17-4-5-18-16(13-17)6-11-27-18/h4-5,12-14H,6-11H2,1-3H3. The third kappa shape index (κ3) is 3.58. The second-order valence-electron chi connectivity index (χ2n) is 7.64. The minimum Gasteiger partial charge on any atom is -0.493 e. The van der Waals surface area contributed by atoms with E-state index < -0.39 is 10.0 Å². The number of anilines is 1. The molecule has 0 radical (unpaired) electrons. The molecule has 1 fully saturated rings. The predicted octanol–water partition coefficient (Wildman–Crippen LogP) is 2.35. The second kappa shape index (κ2) is 7.33. The molecule has 4 rings (SSSR count). The first kappa shape index (κ1) is 19.1. The first-order valence-corrected chi connectivity index (χ1v) is 11.1. The largest absolute Gasteiger partial charge is 0.493 e. The van der Waals surface area contributed by atoms with Crippen molar-refractivity contribution in [3.8, 4) is 5.75 Å². The van der Waals surface area contributed by atoms with Gasteiger partial charge in [0.05, 0.1) is 11.5 Å². The summed E-state index contributed by atoms with van der Waals surface area (Å²) in [6, 6.07) is 7.14. The lowest BCUT2D eigenvalue weighted by atomic mass is 10.2. The SMILES string of the molecule is Cc1cc(N2CCN(S(=O)(=O)c3ccc4c(c3)CCO4)CC2)nc(C(C)C)n1. The van der Waals surface area contributed by atoms with Crippen LogP contribution in [-0.4, -0.2) is 55.5 Å². The van der Waals surface area contributed by atoms with Crippen LogP contribution in [0, 0.1) is 6.92 Å². The van der Waals surface area contributed by atoms with Gasteiger partial charge in [0.25, 0.3) is 0 Å². The lowest BCUT2D eigenvalue weighted by Gasteiger charge is -2.35. The molecule has 2 aliphatic rings. The number of piperazine rings is 1. The molecule has 0 unspecified atom stereocenters. The molecule has 2 aromatic rings. The van der Waals surface area contributed by atoms with E-state index in [2.05, 4.69) is 28.7 Å². The number of ether oxygens (including phenoxy) is 1. The molecule has 0 amide bonds. The molecule has 0 atom stereocenters. The maximum atomic E-state index is 13.1. The lowest BCUT2D eigenvalue weighted by Crippen LogP contribution is -2.49. The van der Waals surface area contributed by atoms with Crippen molar-refractivity contribution in [3.05, 3.63) is 41.3 Å². The topological polar surface area (TPSA) is 75.6 Å². The van der Waals surface area contributed by atoms with Crippen LogP contribution in [0.25, 0.3) is 0 Å². The first-order chi connectivity index (χ1) is 13.3. The van der Waals surface area contributed by atoms with Crippen LogP contribution in [0.2, 0.25) is 0 Å². The maximum Gasteiger partial charge on any atom is 0.243 e. The minimum atomic E-state index is -3.50. The molecule has 0 aliphatic carbocycles. The molecule has 1 aromatic heterocycles. The van der Waals surface area contributed by atoms with E-state index in [1.807, 2.05) is 13.0 Å². The van der Waals surface area contributed by atoms with Gasteiger partial charge in [-0.05, 0) is 30.7 Å². The van der Waals surface area contributed by atoms with Crippen LogP contribution >= 0.6 is 0 Å². The van der Waals surface area contributed by atoms with Crippen molar-refractivity contribution in [1.82, 2.24) is 14.3 Å². The van der Waals surface area contributed by atoms with Gasteiger partial charge in [0.2, 0.25) is 10.0 Å². The zero-order valence-corrected chi connectivity index (χ0v) is 17.4. The molecule has 28 heavy (non-hydrogen) atoms. The number of rotatable bonds is 4. The van der Waals surface area contributed by atoms with Gasteiger partial charge < -0.3 is 9.64 Å². The maximum absolute atomic E-state index is 13.1. The highest BCUT2D eigenvalue weighted by molar-refractivity contribution is 7.89. The molecule has 3 heterocycles. The molecule has 1 saturated heterocycles. The van der Waals surface area contributed by atoms with Gasteiger partial charge in [-0.3, -0.25) is 0 Å². The Kier molecular flexibility index (Phi) is 5.01. The molecule has 0 saturated carbocycles. The Bertz CT molecular complexity index is 983. The van der Waals surface area contributed by atoms with E-state index in [0.717, 1.165) is 35.1 Å². The van der Waals surface area contributed by atoms with Crippen LogP contribution in [0.3, 0.4) is 0 Å². The average molecular weight is 403 g/mol. The third-order valence-corrected chi connectivity index (χ3v) is 7.13.